The third kappa shape index (κ3) is 3.85. The molecule has 2 rings (SSSR count). The van der Waals surface area contributed by atoms with Crippen LogP contribution in [0.25, 0.3) is 0 Å². The number of hydrogen-bond donors (Lipinski definition) is 1. The predicted octanol–water partition coefficient (Wildman–Crippen LogP) is 2.23. The molecule has 0 aromatic rings. The maximum atomic E-state index is 12.0. The first-order chi connectivity index (χ1) is 9.76. The zero-order valence-electron chi connectivity index (χ0n) is 12.9. The maximum Gasteiger partial charge on any atom is 0.424 e. The molecule has 5 nitrogen and oxygen atoms in total. The Hall–Kier alpha value is -0.810. The number of nitrogens with zero attached hydrogens (tertiary/aromatic N) is 2. The molecule has 0 unspecified atom stereocenters. The summed E-state index contributed by atoms with van der Waals surface area (Å²) in [5, 5.41) is 7.61. The Morgan fingerprint density at radius 1 is 1.30 bits per heavy atom. The summed E-state index contributed by atoms with van der Waals surface area (Å²) in [6.07, 6.45) is 5.76. The highest BCUT2D eigenvalue weighted by Crippen LogP contribution is 2.26. The molecule has 1 N–H and O–H groups in total. The Morgan fingerprint density at radius 2 is 2.05 bits per heavy atom. The van der Waals surface area contributed by atoms with Gasteiger partial charge in [-0.15, -0.1) is 0 Å². The highest BCUT2D eigenvalue weighted by atomic mass is 16.6. The van der Waals surface area contributed by atoms with Crippen molar-refractivity contribution in [3.05, 3.63) is 0 Å². The van der Waals surface area contributed by atoms with Gasteiger partial charge >= 0.3 is 6.09 Å². The second-order valence-electron chi connectivity index (χ2n) is 5.82. The average Bonchev–Trinajstić information content (AvgIpc) is 2.99. The van der Waals surface area contributed by atoms with Crippen LogP contribution in [0.4, 0.5) is 4.79 Å². The van der Waals surface area contributed by atoms with E-state index in [1.807, 2.05) is 11.9 Å². The lowest BCUT2D eigenvalue weighted by molar-refractivity contribution is -0.0436. The minimum atomic E-state index is -0.188. The summed E-state index contributed by atoms with van der Waals surface area (Å²) in [7, 11) is 0. The van der Waals surface area contributed by atoms with Crippen LogP contribution in [-0.4, -0.2) is 54.9 Å². The van der Waals surface area contributed by atoms with Crippen LogP contribution in [0, 0.1) is 5.92 Å². The highest BCUT2D eigenvalue weighted by Gasteiger charge is 2.31. The predicted molar refractivity (Wildman–Crippen MR) is 79.3 cm³/mol. The first kappa shape index (κ1) is 15.6. The van der Waals surface area contributed by atoms with E-state index >= 15 is 0 Å². The van der Waals surface area contributed by atoms with Gasteiger partial charge in [0.2, 0.25) is 0 Å². The first-order valence-electron chi connectivity index (χ1n) is 8.18. The van der Waals surface area contributed by atoms with Gasteiger partial charge in [0.1, 0.15) is 0 Å². The Kier molecular flexibility index (Phi) is 6.10. The molecule has 0 aromatic carbocycles. The molecule has 2 aliphatic rings. The fraction of sp³-hybridized carbons (Fsp3) is 0.933. The lowest BCUT2D eigenvalue weighted by atomic mass is 9.89. The van der Waals surface area contributed by atoms with Gasteiger partial charge in [-0.3, -0.25) is 0 Å². The number of carbonyl (C=O) groups excluding carboxylic acids is 1. The van der Waals surface area contributed by atoms with E-state index in [0.29, 0.717) is 12.6 Å². The number of amides is 1. The molecule has 0 saturated carbocycles. The number of carbonyl (C=O) groups is 1. The topological polar surface area (TPSA) is 44.8 Å². The minimum absolute atomic E-state index is 0.188. The second kappa shape index (κ2) is 7.84. The maximum absolute atomic E-state index is 12.0. The van der Waals surface area contributed by atoms with E-state index in [2.05, 4.69) is 17.2 Å². The molecule has 2 fully saturated rings. The Morgan fingerprint density at radius 3 is 2.60 bits per heavy atom. The van der Waals surface area contributed by atoms with E-state index < -0.39 is 0 Å². The molecule has 2 aliphatic heterocycles. The standard InChI is InChI=1S/C15H29N3O2/c1-3-10-18(15(19)20-4-2)17-11-7-13(8-12-17)14-6-5-9-16-14/h13-14,16H,3-12H2,1-2H3/t14-/m0/s1. The van der Waals surface area contributed by atoms with E-state index in [1.54, 1.807) is 0 Å². The summed E-state index contributed by atoms with van der Waals surface area (Å²) in [5.41, 5.74) is 0. The van der Waals surface area contributed by atoms with Crippen molar-refractivity contribution in [2.45, 2.75) is 52.0 Å². The van der Waals surface area contributed by atoms with Gasteiger partial charge in [-0.1, -0.05) is 6.92 Å². The number of hydrogen-bond acceptors (Lipinski definition) is 4. The summed E-state index contributed by atoms with van der Waals surface area (Å²) in [5.74, 6) is 0.777. The van der Waals surface area contributed by atoms with E-state index in [0.717, 1.165) is 32.0 Å². The van der Waals surface area contributed by atoms with Gasteiger partial charge in [0, 0.05) is 25.7 Å². The van der Waals surface area contributed by atoms with Gasteiger partial charge in [-0.25, -0.2) is 14.8 Å². The number of nitrogens with one attached hydrogen (secondary N) is 1. The molecule has 0 aromatic heterocycles. The minimum Gasteiger partial charge on any atom is -0.449 e. The molecule has 1 atom stereocenters. The van der Waals surface area contributed by atoms with Crippen LogP contribution in [0.2, 0.25) is 0 Å². The number of ether oxygens (including phenoxy) is 1. The van der Waals surface area contributed by atoms with Crippen molar-refractivity contribution in [2.75, 3.05) is 32.8 Å². The van der Waals surface area contributed by atoms with Gasteiger partial charge in [0.15, 0.2) is 0 Å². The van der Waals surface area contributed by atoms with Crippen LogP contribution < -0.4 is 5.32 Å². The fourth-order valence-corrected chi connectivity index (χ4v) is 3.40. The summed E-state index contributed by atoms with van der Waals surface area (Å²) in [6, 6.07) is 0.708. The van der Waals surface area contributed by atoms with Crippen molar-refractivity contribution in [3.63, 3.8) is 0 Å². The third-order valence-electron chi connectivity index (χ3n) is 4.44. The van der Waals surface area contributed by atoms with Gasteiger partial charge in [0.05, 0.1) is 6.61 Å². The van der Waals surface area contributed by atoms with Crippen molar-refractivity contribution in [3.8, 4) is 0 Å². The van der Waals surface area contributed by atoms with Crippen molar-refractivity contribution in [2.24, 2.45) is 5.92 Å². The second-order valence-corrected chi connectivity index (χ2v) is 5.82. The van der Waals surface area contributed by atoms with Crippen LogP contribution in [-0.2, 0) is 4.74 Å². The SMILES string of the molecule is CCCN(C(=O)OCC)N1CCC([C@@H]2CCCN2)CC1. The van der Waals surface area contributed by atoms with E-state index in [-0.39, 0.29) is 6.09 Å². The lowest BCUT2D eigenvalue weighted by Crippen LogP contribution is -2.52. The molecule has 0 spiro atoms. The summed E-state index contributed by atoms with van der Waals surface area (Å²) in [6.45, 7) is 8.28. The molecule has 1 amide bonds. The van der Waals surface area contributed by atoms with Gasteiger partial charge in [-0.2, -0.15) is 0 Å². The number of hydrazine groups is 1. The Balaban J connectivity index is 1.84. The van der Waals surface area contributed by atoms with Gasteiger partial charge in [0.25, 0.3) is 0 Å². The highest BCUT2D eigenvalue weighted by molar-refractivity contribution is 5.66. The molecule has 116 valence electrons. The van der Waals surface area contributed by atoms with Crippen molar-refractivity contribution in [1.29, 1.82) is 0 Å². The number of rotatable bonds is 5. The first-order valence-corrected chi connectivity index (χ1v) is 8.18. The zero-order valence-corrected chi connectivity index (χ0v) is 12.9. The molecular weight excluding hydrogens is 254 g/mol. The molecule has 0 radical (unpaired) electrons. The van der Waals surface area contributed by atoms with E-state index in [1.165, 1.54) is 32.2 Å². The Labute approximate surface area is 122 Å². The molecular formula is C15H29N3O2. The van der Waals surface area contributed by atoms with E-state index in [4.69, 9.17) is 4.74 Å². The Bertz CT molecular complexity index is 297. The van der Waals surface area contributed by atoms with Crippen LogP contribution >= 0.6 is 0 Å². The van der Waals surface area contributed by atoms with Crippen LogP contribution in [0.3, 0.4) is 0 Å². The average molecular weight is 283 g/mol. The van der Waals surface area contributed by atoms with Gasteiger partial charge < -0.3 is 10.1 Å². The van der Waals surface area contributed by atoms with Crippen molar-refractivity contribution >= 4 is 6.09 Å². The fourth-order valence-electron chi connectivity index (χ4n) is 3.40. The van der Waals surface area contributed by atoms with Crippen LogP contribution in [0.5, 0.6) is 0 Å². The summed E-state index contributed by atoms with van der Waals surface area (Å²) < 4.78 is 5.17. The number of piperidine rings is 1. The van der Waals surface area contributed by atoms with Crippen LogP contribution in [0.1, 0.15) is 46.0 Å². The molecule has 5 heteroatoms. The lowest BCUT2D eigenvalue weighted by Gasteiger charge is -2.40. The molecule has 0 aliphatic carbocycles. The normalized spacial score (nSPS) is 24.8. The van der Waals surface area contributed by atoms with E-state index in [9.17, 15) is 4.79 Å². The molecule has 0 bridgehead atoms. The monoisotopic (exact) mass is 283 g/mol. The molecule has 20 heavy (non-hydrogen) atoms. The van der Waals surface area contributed by atoms with Crippen LogP contribution in [0.15, 0.2) is 0 Å². The van der Waals surface area contributed by atoms with Gasteiger partial charge in [-0.05, 0) is 51.5 Å². The molecule has 2 heterocycles. The van der Waals surface area contributed by atoms with Crippen molar-refractivity contribution < 1.29 is 9.53 Å². The quantitative estimate of drug-likeness (QED) is 0.840. The third-order valence-corrected chi connectivity index (χ3v) is 4.44. The van der Waals surface area contributed by atoms with Crippen molar-refractivity contribution in [1.82, 2.24) is 15.3 Å². The zero-order chi connectivity index (χ0) is 14.4. The largest absolute Gasteiger partial charge is 0.449 e. The summed E-state index contributed by atoms with van der Waals surface area (Å²) in [4.78, 5) is 12.0. The smallest absolute Gasteiger partial charge is 0.424 e. The molecule has 2 saturated heterocycles. The summed E-state index contributed by atoms with van der Waals surface area (Å²) >= 11 is 0.